The fourth-order valence-electron chi connectivity index (χ4n) is 1.25. The molecule has 2 rings (SSSR count). The number of hydrogen-bond donors (Lipinski definition) is 3. The third-order valence-corrected chi connectivity index (χ3v) is 3.22. The van der Waals surface area contributed by atoms with Crippen LogP contribution in [-0.2, 0) is 0 Å². The number of nitrogens with two attached hydrogens (primary N) is 1. The van der Waals surface area contributed by atoms with E-state index < -0.39 is 15.1 Å². The fraction of sp³-hybridized carbons (Fsp3) is 0. The van der Waals surface area contributed by atoms with Gasteiger partial charge in [-0.3, -0.25) is 0 Å². The summed E-state index contributed by atoms with van der Waals surface area (Å²) in [4.78, 5) is 1.68. The van der Waals surface area contributed by atoms with E-state index in [9.17, 15) is 19.4 Å². The predicted octanol–water partition coefficient (Wildman–Crippen LogP) is 3.79. The van der Waals surface area contributed by atoms with Crippen molar-refractivity contribution in [3.05, 3.63) is 24.3 Å². The minimum Gasteiger partial charge on any atom is -0.368 e. The minimum atomic E-state index is -9.63. The van der Waals surface area contributed by atoms with Crippen LogP contribution in [0.15, 0.2) is 29.2 Å². The van der Waals surface area contributed by atoms with Crippen molar-refractivity contribution in [2.75, 3.05) is 11.1 Å². The van der Waals surface area contributed by atoms with Gasteiger partial charge in [-0.15, -0.1) is 5.10 Å². The first-order chi connectivity index (χ1) is 8.44. The molecule has 2 aromatic rings. The molecule has 11 heteroatoms. The lowest BCUT2D eigenvalue weighted by molar-refractivity contribution is 0.364. The average molecular weight is 301 g/mol. The highest BCUT2D eigenvalue weighted by atomic mass is 32.5. The van der Waals surface area contributed by atoms with E-state index in [4.69, 9.17) is 5.73 Å². The molecule has 19 heavy (non-hydrogen) atoms. The number of halogens is 5. The van der Waals surface area contributed by atoms with Crippen LogP contribution >= 0.6 is 10.2 Å². The van der Waals surface area contributed by atoms with Crippen molar-refractivity contribution >= 4 is 27.8 Å². The van der Waals surface area contributed by atoms with Crippen molar-refractivity contribution in [3.8, 4) is 0 Å². The number of nitrogens with zero attached hydrogens (tertiary/aromatic N) is 2. The Morgan fingerprint density at radius 3 is 2.05 bits per heavy atom. The van der Waals surface area contributed by atoms with Gasteiger partial charge in [-0.05, 0) is 24.3 Å². The zero-order chi connectivity index (χ0) is 14.4. The zero-order valence-corrected chi connectivity index (χ0v) is 9.90. The van der Waals surface area contributed by atoms with Gasteiger partial charge in [-0.25, -0.2) is 5.10 Å². The van der Waals surface area contributed by atoms with Crippen LogP contribution in [-0.4, -0.2) is 15.2 Å². The van der Waals surface area contributed by atoms with Crippen LogP contribution < -0.4 is 11.1 Å². The number of hydrogen-bond acceptors (Lipinski definition) is 4. The summed E-state index contributed by atoms with van der Waals surface area (Å²) in [6.07, 6.45) is 0. The van der Waals surface area contributed by atoms with E-state index in [-0.39, 0.29) is 17.6 Å². The molecule has 5 nitrogen and oxygen atoms in total. The summed E-state index contributed by atoms with van der Waals surface area (Å²) >= 11 is 0. The van der Waals surface area contributed by atoms with Gasteiger partial charge in [0.15, 0.2) is 0 Å². The summed E-state index contributed by atoms with van der Waals surface area (Å²) in [5.74, 6) is 0.0173. The average Bonchev–Trinajstić information content (AvgIpc) is 2.61. The molecular formula is C8H8F5N5S. The molecule has 1 aromatic carbocycles. The van der Waals surface area contributed by atoms with E-state index >= 15 is 0 Å². The largest absolute Gasteiger partial charge is 0.368 e. The topological polar surface area (TPSA) is 79.6 Å². The van der Waals surface area contributed by atoms with E-state index in [1.165, 1.54) is 0 Å². The molecule has 4 N–H and O–H groups in total. The van der Waals surface area contributed by atoms with E-state index in [0.29, 0.717) is 12.1 Å². The maximum atomic E-state index is 12.4. The Kier molecular flexibility index (Phi) is 2.32. The molecule has 0 unspecified atom stereocenters. The fourth-order valence-corrected chi connectivity index (χ4v) is 1.91. The van der Waals surface area contributed by atoms with Crippen molar-refractivity contribution in [2.45, 2.75) is 4.90 Å². The molecular weight excluding hydrogens is 293 g/mol. The number of nitrogens with one attached hydrogen (secondary N) is 2. The monoisotopic (exact) mass is 301 g/mol. The maximum Gasteiger partial charge on any atom is 0.310 e. The van der Waals surface area contributed by atoms with Gasteiger partial charge >= 0.3 is 10.2 Å². The Morgan fingerprint density at radius 2 is 1.63 bits per heavy atom. The first kappa shape index (κ1) is 13.4. The summed E-state index contributed by atoms with van der Waals surface area (Å²) in [7, 11) is -9.63. The molecule has 0 aliphatic heterocycles. The Hall–Kier alpha value is -2.04. The number of H-pyrrole nitrogens is 1. The predicted molar refractivity (Wildman–Crippen MR) is 61.9 cm³/mol. The lowest BCUT2D eigenvalue weighted by Crippen LogP contribution is -2.05. The standard InChI is InChI=1S/C8H8F5N5S/c9-19(10,11,12,13)6-3-1-5(2-4-6)15-8-16-7(14)17-18-8/h1-4H,(H4,14,15,16,17,18). The summed E-state index contributed by atoms with van der Waals surface area (Å²) in [6, 6.07) is 2.28. The van der Waals surface area contributed by atoms with Crippen molar-refractivity contribution in [3.63, 3.8) is 0 Å². The molecule has 0 atom stereocenters. The van der Waals surface area contributed by atoms with Crippen LogP contribution in [0.4, 0.5) is 37.0 Å². The highest BCUT2D eigenvalue weighted by molar-refractivity contribution is 8.45. The van der Waals surface area contributed by atoms with Gasteiger partial charge in [0, 0.05) is 5.69 Å². The van der Waals surface area contributed by atoms with Gasteiger partial charge in [0.2, 0.25) is 11.9 Å². The molecule has 0 bridgehead atoms. The smallest absolute Gasteiger partial charge is 0.310 e. The van der Waals surface area contributed by atoms with Crippen LogP contribution in [0.5, 0.6) is 0 Å². The molecule has 0 fully saturated rings. The number of rotatable bonds is 3. The van der Waals surface area contributed by atoms with Gasteiger partial charge in [-0.2, -0.15) is 4.98 Å². The van der Waals surface area contributed by atoms with Crippen LogP contribution in [0.1, 0.15) is 0 Å². The van der Waals surface area contributed by atoms with Crippen molar-refractivity contribution in [1.82, 2.24) is 15.2 Å². The molecule has 106 valence electrons. The maximum absolute atomic E-state index is 12.4. The minimum absolute atomic E-state index is 0.00568. The lowest BCUT2D eigenvalue weighted by Gasteiger charge is -2.40. The van der Waals surface area contributed by atoms with Gasteiger partial charge < -0.3 is 11.1 Å². The summed E-state index contributed by atoms with van der Waals surface area (Å²) in [5, 5.41) is 8.37. The highest BCUT2D eigenvalue weighted by Crippen LogP contribution is 3.02. The molecule has 0 amide bonds. The number of anilines is 3. The molecule has 0 saturated heterocycles. The van der Waals surface area contributed by atoms with Crippen LogP contribution in [0.3, 0.4) is 0 Å². The SMILES string of the molecule is Nc1nc(Nc2ccc(S(F)(F)(F)(F)F)cc2)n[nH]1. The third-order valence-electron chi connectivity index (χ3n) is 2.06. The second-order valence-corrected chi connectivity index (χ2v) is 6.07. The summed E-state index contributed by atoms with van der Waals surface area (Å²) in [6.45, 7) is 0. The molecule has 0 radical (unpaired) electrons. The Balaban J connectivity index is 2.25. The Labute approximate surface area is 103 Å². The van der Waals surface area contributed by atoms with Crippen molar-refractivity contribution in [1.29, 1.82) is 0 Å². The normalized spacial score (nSPS) is 15.6. The second kappa shape index (κ2) is 3.29. The molecule has 0 spiro atoms. The highest BCUT2D eigenvalue weighted by Gasteiger charge is 2.65. The lowest BCUT2D eigenvalue weighted by atomic mass is 10.3. The Morgan fingerprint density at radius 1 is 1.05 bits per heavy atom. The molecule has 0 saturated carbocycles. The van der Waals surface area contributed by atoms with Gasteiger partial charge in [0.1, 0.15) is 4.90 Å². The second-order valence-electron chi connectivity index (χ2n) is 3.66. The number of nitrogen functional groups attached to an aromatic ring is 1. The van der Waals surface area contributed by atoms with Gasteiger partial charge in [0.05, 0.1) is 0 Å². The molecule has 0 aliphatic rings. The van der Waals surface area contributed by atoms with Crippen LogP contribution in [0.2, 0.25) is 0 Å². The molecule has 1 aromatic heterocycles. The van der Waals surface area contributed by atoms with Crippen molar-refractivity contribution < 1.29 is 19.4 Å². The number of benzene rings is 1. The van der Waals surface area contributed by atoms with Crippen molar-refractivity contribution in [2.24, 2.45) is 0 Å². The van der Waals surface area contributed by atoms with Gasteiger partial charge in [0.25, 0.3) is 0 Å². The summed E-state index contributed by atoms with van der Waals surface area (Å²) in [5.41, 5.74) is 5.35. The number of aromatic nitrogens is 3. The third kappa shape index (κ3) is 3.24. The first-order valence-corrected chi connectivity index (χ1v) is 6.68. The van der Waals surface area contributed by atoms with E-state index in [0.717, 1.165) is 12.1 Å². The zero-order valence-electron chi connectivity index (χ0n) is 9.08. The van der Waals surface area contributed by atoms with E-state index in [2.05, 4.69) is 20.5 Å². The Bertz CT molecular complexity index is 604. The van der Waals surface area contributed by atoms with E-state index in [1.807, 2.05) is 0 Å². The summed E-state index contributed by atoms with van der Waals surface area (Å²) < 4.78 is 62.2. The van der Waals surface area contributed by atoms with E-state index in [1.54, 1.807) is 0 Å². The molecule has 1 heterocycles. The first-order valence-electron chi connectivity index (χ1n) is 4.73. The quantitative estimate of drug-likeness (QED) is 0.754. The number of aromatic amines is 1. The molecule has 0 aliphatic carbocycles. The van der Waals surface area contributed by atoms with Crippen LogP contribution in [0, 0.1) is 0 Å². The van der Waals surface area contributed by atoms with Crippen LogP contribution in [0.25, 0.3) is 0 Å². The van der Waals surface area contributed by atoms with Gasteiger partial charge in [-0.1, -0.05) is 19.4 Å².